The first-order valence-corrected chi connectivity index (χ1v) is 4.22. The van der Waals surface area contributed by atoms with E-state index in [1.807, 2.05) is 16.7 Å². The molecular formula is C9H10N4O. The zero-order valence-electron chi connectivity index (χ0n) is 7.47. The van der Waals surface area contributed by atoms with E-state index in [4.69, 9.17) is 5.73 Å². The summed E-state index contributed by atoms with van der Waals surface area (Å²) in [6.45, 7) is -0.0119. The van der Waals surface area contributed by atoms with E-state index in [2.05, 4.69) is 10.3 Å². The van der Waals surface area contributed by atoms with Crippen LogP contribution >= 0.6 is 0 Å². The van der Waals surface area contributed by atoms with Crippen LogP contribution in [0.25, 0.3) is 5.65 Å². The van der Waals surface area contributed by atoms with Gasteiger partial charge in [0.2, 0.25) is 5.91 Å². The van der Waals surface area contributed by atoms with Crippen molar-refractivity contribution >= 4 is 17.2 Å². The van der Waals surface area contributed by atoms with Crippen molar-refractivity contribution in [1.29, 1.82) is 0 Å². The van der Waals surface area contributed by atoms with Crippen LogP contribution in [-0.4, -0.2) is 21.8 Å². The van der Waals surface area contributed by atoms with Crippen LogP contribution in [0.3, 0.4) is 0 Å². The number of anilines is 1. The molecule has 0 spiro atoms. The largest absolute Gasteiger partial charge is 0.324 e. The summed E-state index contributed by atoms with van der Waals surface area (Å²) in [6, 6.07) is 3.61. The third-order valence-electron chi connectivity index (χ3n) is 1.86. The van der Waals surface area contributed by atoms with Crippen LogP contribution in [0.4, 0.5) is 5.69 Å². The number of hydrogen-bond acceptors (Lipinski definition) is 3. The van der Waals surface area contributed by atoms with Gasteiger partial charge in [-0.25, -0.2) is 4.98 Å². The van der Waals surface area contributed by atoms with Crippen LogP contribution < -0.4 is 11.1 Å². The van der Waals surface area contributed by atoms with E-state index in [1.165, 1.54) is 0 Å². The molecule has 0 aliphatic carbocycles. The summed E-state index contributed by atoms with van der Waals surface area (Å²) < 4.78 is 1.83. The van der Waals surface area contributed by atoms with E-state index >= 15 is 0 Å². The van der Waals surface area contributed by atoms with E-state index < -0.39 is 0 Å². The van der Waals surface area contributed by atoms with Crippen molar-refractivity contribution in [2.24, 2.45) is 5.73 Å². The lowest BCUT2D eigenvalue weighted by molar-refractivity contribution is -0.114. The highest BCUT2D eigenvalue weighted by Crippen LogP contribution is 2.08. The first-order chi connectivity index (χ1) is 6.79. The number of carbonyl (C=O) groups excluding carboxylic acids is 1. The molecule has 2 rings (SSSR count). The second-order valence-electron chi connectivity index (χ2n) is 2.86. The Morgan fingerprint density at radius 3 is 3.21 bits per heavy atom. The Morgan fingerprint density at radius 2 is 2.43 bits per heavy atom. The molecule has 14 heavy (non-hydrogen) atoms. The molecule has 2 aromatic heterocycles. The fourth-order valence-corrected chi connectivity index (χ4v) is 1.21. The molecule has 2 heterocycles. The summed E-state index contributed by atoms with van der Waals surface area (Å²) in [5, 5.41) is 2.66. The van der Waals surface area contributed by atoms with Gasteiger partial charge in [-0.15, -0.1) is 0 Å². The number of nitrogens with zero attached hydrogens (tertiary/aromatic N) is 2. The Labute approximate surface area is 80.6 Å². The van der Waals surface area contributed by atoms with Gasteiger partial charge in [0.25, 0.3) is 0 Å². The molecule has 3 N–H and O–H groups in total. The van der Waals surface area contributed by atoms with Gasteiger partial charge >= 0.3 is 0 Å². The van der Waals surface area contributed by atoms with Crippen molar-refractivity contribution in [3.8, 4) is 0 Å². The SMILES string of the molecule is NCC(=O)Nc1ccc2nccn2c1. The molecule has 0 aromatic carbocycles. The Hall–Kier alpha value is -1.88. The molecule has 0 radical (unpaired) electrons. The number of imidazole rings is 1. The van der Waals surface area contributed by atoms with Crippen LogP contribution in [0.5, 0.6) is 0 Å². The van der Waals surface area contributed by atoms with Gasteiger partial charge in [-0.05, 0) is 12.1 Å². The number of aromatic nitrogens is 2. The van der Waals surface area contributed by atoms with Gasteiger partial charge in [0.15, 0.2) is 0 Å². The number of rotatable bonds is 2. The Morgan fingerprint density at radius 1 is 1.57 bits per heavy atom. The highest BCUT2D eigenvalue weighted by atomic mass is 16.1. The van der Waals surface area contributed by atoms with E-state index in [-0.39, 0.29) is 12.5 Å². The number of fused-ring (bicyclic) bond motifs is 1. The molecule has 0 aliphatic heterocycles. The molecule has 72 valence electrons. The molecule has 5 nitrogen and oxygen atoms in total. The highest BCUT2D eigenvalue weighted by molar-refractivity contribution is 5.92. The van der Waals surface area contributed by atoms with Crippen LogP contribution in [0.1, 0.15) is 0 Å². The molecule has 2 aromatic rings. The van der Waals surface area contributed by atoms with E-state index in [0.717, 1.165) is 5.65 Å². The number of nitrogens with two attached hydrogens (primary N) is 1. The molecule has 5 heteroatoms. The average Bonchev–Trinajstić information content (AvgIpc) is 2.64. The number of hydrogen-bond donors (Lipinski definition) is 2. The lowest BCUT2D eigenvalue weighted by atomic mass is 10.4. The quantitative estimate of drug-likeness (QED) is 0.712. The van der Waals surface area contributed by atoms with Gasteiger partial charge in [-0.1, -0.05) is 0 Å². The van der Waals surface area contributed by atoms with Crippen molar-refractivity contribution < 1.29 is 4.79 Å². The minimum atomic E-state index is -0.204. The highest BCUT2D eigenvalue weighted by Gasteiger charge is 2.00. The summed E-state index contributed by atoms with van der Waals surface area (Å²) in [7, 11) is 0. The van der Waals surface area contributed by atoms with Gasteiger partial charge in [0.05, 0.1) is 12.2 Å². The van der Waals surface area contributed by atoms with Gasteiger partial charge in [0, 0.05) is 18.6 Å². The lowest BCUT2D eigenvalue weighted by Gasteiger charge is -2.03. The topological polar surface area (TPSA) is 72.4 Å². The fraction of sp³-hybridized carbons (Fsp3) is 0.111. The van der Waals surface area contributed by atoms with Gasteiger partial charge in [-0.2, -0.15) is 0 Å². The zero-order valence-corrected chi connectivity index (χ0v) is 7.47. The minimum absolute atomic E-state index is 0.0119. The number of carbonyl (C=O) groups is 1. The molecule has 0 aliphatic rings. The van der Waals surface area contributed by atoms with Crippen molar-refractivity contribution in [2.45, 2.75) is 0 Å². The summed E-state index contributed by atoms with van der Waals surface area (Å²) in [5.74, 6) is -0.204. The fourth-order valence-electron chi connectivity index (χ4n) is 1.21. The van der Waals surface area contributed by atoms with Gasteiger partial charge in [0.1, 0.15) is 5.65 Å². The zero-order chi connectivity index (χ0) is 9.97. The average molecular weight is 190 g/mol. The maximum atomic E-state index is 11.0. The third kappa shape index (κ3) is 1.57. The maximum Gasteiger partial charge on any atom is 0.238 e. The number of pyridine rings is 1. The van der Waals surface area contributed by atoms with Crippen molar-refractivity contribution in [3.63, 3.8) is 0 Å². The Kier molecular flexibility index (Phi) is 2.16. The van der Waals surface area contributed by atoms with Crippen LogP contribution in [-0.2, 0) is 4.79 Å². The second-order valence-corrected chi connectivity index (χ2v) is 2.86. The molecule has 0 bridgehead atoms. The number of amides is 1. The standard InChI is InChI=1S/C9H10N4O/c10-5-9(14)12-7-1-2-8-11-3-4-13(8)6-7/h1-4,6H,5,10H2,(H,12,14). The summed E-state index contributed by atoms with van der Waals surface area (Å²) in [6.07, 6.45) is 5.30. The Bertz CT molecular complexity index is 463. The van der Waals surface area contributed by atoms with E-state index in [9.17, 15) is 4.79 Å². The van der Waals surface area contributed by atoms with Crippen molar-refractivity contribution in [1.82, 2.24) is 9.38 Å². The third-order valence-corrected chi connectivity index (χ3v) is 1.86. The molecule has 0 unspecified atom stereocenters. The number of nitrogens with one attached hydrogen (secondary N) is 1. The van der Waals surface area contributed by atoms with Crippen LogP contribution in [0.15, 0.2) is 30.7 Å². The van der Waals surface area contributed by atoms with Crippen molar-refractivity contribution in [2.75, 3.05) is 11.9 Å². The van der Waals surface area contributed by atoms with Crippen molar-refractivity contribution in [3.05, 3.63) is 30.7 Å². The summed E-state index contributed by atoms with van der Waals surface area (Å²) >= 11 is 0. The van der Waals surface area contributed by atoms with Crippen LogP contribution in [0, 0.1) is 0 Å². The molecule has 0 saturated heterocycles. The molecule has 0 atom stereocenters. The van der Waals surface area contributed by atoms with E-state index in [0.29, 0.717) is 5.69 Å². The molecule has 0 fully saturated rings. The first-order valence-electron chi connectivity index (χ1n) is 4.22. The van der Waals surface area contributed by atoms with E-state index in [1.54, 1.807) is 18.5 Å². The monoisotopic (exact) mass is 190 g/mol. The predicted octanol–water partition coefficient (Wildman–Crippen LogP) is 0.231. The second kappa shape index (κ2) is 3.47. The molecule has 1 amide bonds. The van der Waals surface area contributed by atoms with Gasteiger partial charge in [-0.3, -0.25) is 4.79 Å². The minimum Gasteiger partial charge on any atom is -0.324 e. The first kappa shape index (κ1) is 8.71. The smallest absolute Gasteiger partial charge is 0.238 e. The molecule has 0 saturated carbocycles. The summed E-state index contributed by atoms with van der Waals surface area (Å²) in [5.41, 5.74) is 6.74. The summed E-state index contributed by atoms with van der Waals surface area (Å²) in [4.78, 5) is 15.1. The maximum absolute atomic E-state index is 11.0. The Balaban J connectivity index is 2.30. The molecular weight excluding hydrogens is 180 g/mol. The van der Waals surface area contributed by atoms with Gasteiger partial charge < -0.3 is 15.5 Å². The lowest BCUT2D eigenvalue weighted by Crippen LogP contribution is -2.21. The van der Waals surface area contributed by atoms with Crippen LogP contribution in [0.2, 0.25) is 0 Å². The normalized spacial score (nSPS) is 10.4. The predicted molar refractivity (Wildman–Crippen MR) is 52.9 cm³/mol.